The predicted octanol–water partition coefficient (Wildman–Crippen LogP) is 2.05. The fourth-order valence-electron chi connectivity index (χ4n) is 2.48. The molecule has 0 spiro atoms. The van der Waals surface area contributed by atoms with Gasteiger partial charge in [-0.1, -0.05) is 19.9 Å². The highest BCUT2D eigenvalue weighted by atomic mass is 16.1. The van der Waals surface area contributed by atoms with Gasteiger partial charge in [0.2, 0.25) is 0 Å². The topological polar surface area (TPSA) is 29.1 Å². The van der Waals surface area contributed by atoms with E-state index in [4.69, 9.17) is 0 Å². The van der Waals surface area contributed by atoms with Gasteiger partial charge in [-0.3, -0.25) is 4.79 Å². The lowest BCUT2D eigenvalue weighted by atomic mass is 9.92. The Balaban J connectivity index is 2.16. The molecule has 2 aliphatic rings. The monoisotopic (exact) mass is 193 g/mol. The van der Waals surface area contributed by atoms with Crippen LogP contribution in [0.2, 0.25) is 0 Å². The van der Waals surface area contributed by atoms with Crippen molar-refractivity contribution in [3.8, 4) is 0 Å². The van der Waals surface area contributed by atoms with Crippen LogP contribution in [0.1, 0.15) is 39.5 Å². The van der Waals surface area contributed by atoms with E-state index in [9.17, 15) is 4.79 Å². The second kappa shape index (κ2) is 3.85. The summed E-state index contributed by atoms with van der Waals surface area (Å²) in [5.74, 6) is 0.477. The third-order valence-electron chi connectivity index (χ3n) is 3.30. The van der Waals surface area contributed by atoms with Crippen LogP contribution in [0.3, 0.4) is 0 Å². The normalized spacial score (nSPS) is 31.5. The second-order valence-electron chi connectivity index (χ2n) is 4.75. The largest absolute Gasteiger partial charge is 0.307 e. The van der Waals surface area contributed by atoms with Crippen molar-refractivity contribution in [3.63, 3.8) is 0 Å². The number of allylic oxidation sites excluding steroid dienone is 1. The Morgan fingerprint density at radius 2 is 2.21 bits per heavy atom. The van der Waals surface area contributed by atoms with Gasteiger partial charge >= 0.3 is 0 Å². The third-order valence-corrected chi connectivity index (χ3v) is 3.30. The van der Waals surface area contributed by atoms with Crippen molar-refractivity contribution in [2.45, 2.75) is 51.6 Å². The number of rotatable bonds is 2. The molecule has 2 atom stereocenters. The summed E-state index contributed by atoms with van der Waals surface area (Å²) < 4.78 is 0. The van der Waals surface area contributed by atoms with E-state index in [0.29, 0.717) is 17.9 Å². The summed E-state index contributed by atoms with van der Waals surface area (Å²) in [5, 5.41) is 3.55. The smallest absolute Gasteiger partial charge is 0.162 e. The highest BCUT2D eigenvalue weighted by Crippen LogP contribution is 2.27. The summed E-state index contributed by atoms with van der Waals surface area (Å²) in [4.78, 5) is 11.9. The highest BCUT2D eigenvalue weighted by Gasteiger charge is 2.31. The Morgan fingerprint density at radius 3 is 2.93 bits per heavy atom. The molecule has 1 unspecified atom stereocenters. The molecule has 14 heavy (non-hydrogen) atoms. The van der Waals surface area contributed by atoms with Crippen molar-refractivity contribution >= 4 is 5.78 Å². The molecule has 2 heteroatoms. The van der Waals surface area contributed by atoms with Gasteiger partial charge in [0.25, 0.3) is 0 Å². The number of carbonyl (C=O) groups is 1. The van der Waals surface area contributed by atoms with E-state index in [-0.39, 0.29) is 5.92 Å². The molecule has 0 aromatic carbocycles. The summed E-state index contributed by atoms with van der Waals surface area (Å²) in [5.41, 5.74) is 1.06. The van der Waals surface area contributed by atoms with Crippen molar-refractivity contribution in [1.82, 2.24) is 5.32 Å². The Kier molecular flexibility index (Phi) is 2.73. The van der Waals surface area contributed by atoms with E-state index >= 15 is 0 Å². The average molecular weight is 193 g/mol. The number of carbonyl (C=O) groups excluding carboxylic acids is 1. The van der Waals surface area contributed by atoms with Crippen molar-refractivity contribution in [1.29, 1.82) is 0 Å². The van der Waals surface area contributed by atoms with E-state index in [1.807, 2.05) is 13.8 Å². The first-order valence-corrected chi connectivity index (χ1v) is 5.69. The molecule has 1 saturated heterocycles. The van der Waals surface area contributed by atoms with Crippen LogP contribution in [0.15, 0.2) is 11.6 Å². The maximum Gasteiger partial charge on any atom is 0.162 e. The fraction of sp³-hybridized carbons (Fsp3) is 0.750. The first-order chi connectivity index (χ1) is 6.68. The van der Waals surface area contributed by atoms with Crippen molar-refractivity contribution < 1.29 is 4.79 Å². The molecule has 1 fully saturated rings. The van der Waals surface area contributed by atoms with E-state index in [2.05, 4.69) is 11.4 Å². The van der Waals surface area contributed by atoms with Crippen LogP contribution in [0.25, 0.3) is 0 Å². The molecule has 0 aromatic heterocycles. The standard InChI is InChI=1S/C12H19NO/c1-8(2)12(14)10-5-3-4-9-6-7-11(10)13-9/h5,8-9,11,13H,3-4,6-7H2,1-2H3/t9-,11?/m0/s1. The molecule has 2 nitrogen and oxygen atoms in total. The van der Waals surface area contributed by atoms with Gasteiger partial charge in [0.15, 0.2) is 5.78 Å². The minimum atomic E-state index is 0.139. The molecule has 0 radical (unpaired) electrons. The molecular formula is C12H19NO. The summed E-state index contributed by atoms with van der Waals surface area (Å²) in [6, 6.07) is 1.02. The lowest BCUT2D eigenvalue weighted by molar-refractivity contribution is -0.118. The minimum absolute atomic E-state index is 0.139. The van der Waals surface area contributed by atoms with Gasteiger partial charge in [0.1, 0.15) is 0 Å². The molecule has 2 heterocycles. The molecule has 1 N–H and O–H groups in total. The summed E-state index contributed by atoms with van der Waals surface area (Å²) >= 11 is 0. The van der Waals surface area contributed by atoms with E-state index in [1.54, 1.807) is 0 Å². The molecule has 0 aliphatic carbocycles. The molecule has 0 aromatic rings. The van der Waals surface area contributed by atoms with E-state index < -0.39 is 0 Å². The van der Waals surface area contributed by atoms with Gasteiger partial charge < -0.3 is 5.32 Å². The number of hydrogen-bond acceptors (Lipinski definition) is 2. The van der Waals surface area contributed by atoms with Crippen LogP contribution in [0, 0.1) is 5.92 Å². The Labute approximate surface area is 85.8 Å². The van der Waals surface area contributed by atoms with Crippen LogP contribution < -0.4 is 5.32 Å². The van der Waals surface area contributed by atoms with Crippen molar-refractivity contribution in [3.05, 3.63) is 11.6 Å². The van der Waals surface area contributed by atoms with Gasteiger partial charge in [0.05, 0.1) is 0 Å². The quantitative estimate of drug-likeness (QED) is 0.727. The van der Waals surface area contributed by atoms with Gasteiger partial charge in [-0.25, -0.2) is 0 Å². The van der Waals surface area contributed by atoms with Crippen LogP contribution >= 0.6 is 0 Å². The molecule has 2 aliphatic heterocycles. The first kappa shape index (κ1) is 9.91. The average Bonchev–Trinajstić information content (AvgIpc) is 2.46. The van der Waals surface area contributed by atoms with Gasteiger partial charge in [-0.15, -0.1) is 0 Å². The zero-order valence-corrected chi connectivity index (χ0v) is 9.05. The van der Waals surface area contributed by atoms with Crippen molar-refractivity contribution in [2.24, 2.45) is 5.92 Å². The molecular weight excluding hydrogens is 174 g/mol. The molecule has 0 saturated carbocycles. The molecule has 78 valence electrons. The van der Waals surface area contributed by atoms with Gasteiger partial charge in [-0.2, -0.15) is 0 Å². The van der Waals surface area contributed by atoms with Crippen LogP contribution in [0.5, 0.6) is 0 Å². The predicted molar refractivity (Wildman–Crippen MR) is 57.1 cm³/mol. The Bertz CT molecular complexity index is 267. The lowest BCUT2D eigenvalue weighted by Crippen LogP contribution is -2.32. The van der Waals surface area contributed by atoms with Gasteiger partial charge in [0, 0.05) is 23.6 Å². The van der Waals surface area contributed by atoms with E-state index in [0.717, 1.165) is 18.4 Å². The fourth-order valence-corrected chi connectivity index (χ4v) is 2.48. The molecule has 0 amide bonds. The maximum atomic E-state index is 11.9. The number of nitrogens with one attached hydrogen (secondary N) is 1. The minimum Gasteiger partial charge on any atom is -0.307 e. The Hall–Kier alpha value is -0.630. The highest BCUT2D eigenvalue weighted by molar-refractivity contribution is 5.97. The lowest BCUT2D eigenvalue weighted by Gasteiger charge is -2.15. The maximum absolute atomic E-state index is 11.9. The Morgan fingerprint density at radius 1 is 1.43 bits per heavy atom. The summed E-state index contributed by atoms with van der Waals surface area (Å²) in [6.45, 7) is 3.97. The van der Waals surface area contributed by atoms with Crippen LogP contribution in [0.4, 0.5) is 0 Å². The number of Topliss-reactive ketones (excluding diaryl/α,β-unsaturated/α-hetero) is 1. The number of hydrogen-bond donors (Lipinski definition) is 1. The van der Waals surface area contributed by atoms with Crippen LogP contribution in [-0.2, 0) is 4.79 Å². The third kappa shape index (κ3) is 1.76. The molecule has 2 rings (SSSR count). The zero-order valence-electron chi connectivity index (χ0n) is 9.05. The van der Waals surface area contributed by atoms with E-state index in [1.165, 1.54) is 12.8 Å². The molecule has 2 bridgehead atoms. The number of fused-ring (bicyclic) bond motifs is 2. The van der Waals surface area contributed by atoms with Crippen LogP contribution in [-0.4, -0.2) is 17.9 Å². The summed E-state index contributed by atoms with van der Waals surface area (Å²) in [6.07, 6.45) is 6.83. The zero-order chi connectivity index (χ0) is 10.1. The first-order valence-electron chi connectivity index (χ1n) is 5.69. The van der Waals surface area contributed by atoms with Gasteiger partial charge in [-0.05, 0) is 25.7 Å². The number of ketones is 1. The van der Waals surface area contributed by atoms with Crippen molar-refractivity contribution in [2.75, 3.05) is 0 Å². The summed E-state index contributed by atoms with van der Waals surface area (Å²) in [7, 11) is 0. The second-order valence-corrected chi connectivity index (χ2v) is 4.75. The SMILES string of the molecule is CC(C)C(=O)C1=CCC[C@H]2CCC1N2.